The lowest BCUT2D eigenvalue weighted by molar-refractivity contribution is 0.400. The minimum absolute atomic E-state index is 0.112. The van der Waals surface area contributed by atoms with Crippen LogP contribution < -0.4 is 5.32 Å². The van der Waals surface area contributed by atoms with E-state index in [1.165, 1.54) is 6.08 Å². The van der Waals surface area contributed by atoms with Crippen molar-refractivity contribution in [3.8, 4) is 0 Å². The molecule has 0 aromatic heterocycles. The van der Waals surface area contributed by atoms with E-state index in [0.717, 1.165) is 6.42 Å². The van der Waals surface area contributed by atoms with Crippen LogP contribution in [0.2, 0.25) is 0 Å². The number of halogens is 1. The Kier molecular flexibility index (Phi) is 1.56. The van der Waals surface area contributed by atoms with Gasteiger partial charge in [0.15, 0.2) is 0 Å². The molecular weight excluding hydrogens is 153 g/mol. The minimum atomic E-state index is -0.124. The van der Waals surface area contributed by atoms with Gasteiger partial charge >= 0.3 is 0 Å². The summed E-state index contributed by atoms with van der Waals surface area (Å²) in [6, 6.07) is 0.252. The average Bonchev–Trinajstić information content (AvgIpc) is 2.47. The molecule has 0 amide bonds. The Hall–Kier alpha value is -1.05. The van der Waals surface area contributed by atoms with E-state index in [9.17, 15) is 4.39 Å². The van der Waals surface area contributed by atoms with Gasteiger partial charge in [-0.05, 0) is 24.8 Å². The lowest BCUT2D eigenvalue weighted by atomic mass is 9.77. The third-order valence-electron chi connectivity index (χ3n) is 2.72. The molecule has 0 saturated carbocycles. The van der Waals surface area contributed by atoms with Gasteiger partial charge in [0.05, 0.1) is 6.04 Å². The predicted molar refractivity (Wildman–Crippen MR) is 47.1 cm³/mol. The van der Waals surface area contributed by atoms with Crippen molar-refractivity contribution in [2.75, 3.05) is 0 Å². The van der Waals surface area contributed by atoms with Crippen LogP contribution in [0.3, 0.4) is 0 Å². The van der Waals surface area contributed by atoms with Crippen molar-refractivity contribution >= 4 is 0 Å². The zero-order valence-electron chi connectivity index (χ0n) is 7.05. The Morgan fingerprint density at radius 1 is 1.67 bits per heavy atom. The van der Waals surface area contributed by atoms with Crippen LogP contribution in [0.1, 0.15) is 13.3 Å². The van der Waals surface area contributed by atoms with Crippen molar-refractivity contribution < 1.29 is 4.39 Å². The molecule has 1 aliphatic carbocycles. The molecule has 0 aromatic carbocycles. The average molecular weight is 165 g/mol. The second-order valence-electron chi connectivity index (χ2n) is 3.33. The SMILES string of the molecule is CCC12C=CNC1C=CC(F)=C2. The molecule has 64 valence electrons. The summed E-state index contributed by atoms with van der Waals surface area (Å²) < 4.78 is 13.0. The number of hydrogen-bond donors (Lipinski definition) is 1. The van der Waals surface area contributed by atoms with Crippen LogP contribution >= 0.6 is 0 Å². The molecule has 0 spiro atoms. The molecular formula is C10H12FN. The maximum Gasteiger partial charge on any atom is 0.119 e. The molecule has 1 heterocycles. The van der Waals surface area contributed by atoms with Gasteiger partial charge in [-0.25, -0.2) is 4.39 Å². The summed E-state index contributed by atoms with van der Waals surface area (Å²) >= 11 is 0. The quantitative estimate of drug-likeness (QED) is 0.628. The Morgan fingerprint density at radius 3 is 3.25 bits per heavy atom. The monoisotopic (exact) mass is 165 g/mol. The molecule has 1 nitrogen and oxygen atoms in total. The van der Waals surface area contributed by atoms with Gasteiger partial charge in [-0.3, -0.25) is 0 Å². The Morgan fingerprint density at radius 2 is 2.50 bits per heavy atom. The summed E-state index contributed by atoms with van der Waals surface area (Å²) in [5.41, 5.74) is -0.112. The first kappa shape index (κ1) is 7.59. The third kappa shape index (κ3) is 0.909. The fourth-order valence-electron chi connectivity index (χ4n) is 1.87. The molecule has 1 aliphatic heterocycles. The summed E-state index contributed by atoms with van der Waals surface area (Å²) in [5.74, 6) is -0.124. The van der Waals surface area contributed by atoms with E-state index < -0.39 is 0 Å². The van der Waals surface area contributed by atoms with Crippen molar-refractivity contribution in [3.63, 3.8) is 0 Å². The van der Waals surface area contributed by atoms with Crippen LogP contribution in [0.15, 0.2) is 36.3 Å². The van der Waals surface area contributed by atoms with Gasteiger partial charge in [-0.1, -0.05) is 19.1 Å². The van der Waals surface area contributed by atoms with Crippen molar-refractivity contribution in [1.29, 1.82) is 0 Å². The molecule has 0 aromatic rings. The normalized spacial score (nSPS) is 37.5. The third-order valence-corrected chi connectivity index (χ3v) is 2.72. The summed E-state index contributed by atoms with van der Waals surface area (Å²) in [7, 11) is 0. The van der Waals surface area contributed by atoms with Gasteiger partial charge in [0.1, 0.15) is 5.83 Å². The largest absolute Gasteiger partial charge is 0.384 e. The van der Waals surface area contributed by atoms with Crippen LogP contribution in [0.5, 0.6) is 0 Å². The Balaban J connectivity index is 2.38. The molecule has 0 saturated heterocycles. The first-order valence-electron chi connectivity index (χ1n) is 4.27. The number of fused-ring (bicyclic) bond motifs is 1. The summed E-state index contributed by atoms with van der Waals surface area (Å²) in [6.45, 7) is 2.08. The second kappa shape index (κ2) is 2.47. The molecule has 0 fully saturated rings. The lowest BCUT2D eigenvalue weighted by Crippen LogP contribution is -2.35. The van der Waals surface area contributed by atoms with Crippen LogP contribution in [0.25, 0.3) is 0 Å². The summed E-state index contributed by atoms with van der Waals surface area (Å²) in [6.07, 6.45) is 10.00. The predicted octanol–water partition coefficient (Wildman–Crippen LogP) is 2.29. The van der Waals surface area contributed by atoms with Crippen molar-refractivity contribution in [2.45, 2.75) is 19.4 Å². The molecule has 2 rings (SSSR count). The van der Waals surface area contributed by atoms with Gasteiger partial charge in [0, 0.05) is 5.41 Å². The maximum absolute atomic E-state index is 13.0. The first-order valence-corrected chi connectivity index (χ1v) is 4.27. The van der Waals surface area contributed by atoms with E-state index in [1.807, 2.05) is 18.4 Å². The zero-order chi connectivity index (χ0) is 8.60. The standard InChI is InChI=1S/C10H12FN/c1-2-10-5-6-12-9(10)4-3-8(11)7-10/h3-7,9,12H,2H2,1H3. The fraction of sp³-hybridized carbons (Fsp3) is 0.400. The summed E-state index contributed by atoms with van der Waals surface area (Å²) in [5, 5.41) is 3.19. The van der Waals surface area contributed by atoms with Crippen molar-refractivity contribution in [2.24, 2.45) is 5.41 Å². The summed E-state index contributed by atoms with van der Waals surface area (Å²) in [4.78, 5) is 0. The van der Waals surface area contributed by atoms with Crippen LogP contribution in [-0.2, 0) is 0 Å². The van der Waals surface area contributed by atoms with E-state index in [1.54, 1.807) is 6.08 Å². The fourth-order valence-corrected chi connectivity index (χ4v) is 1.87. The van der Waals surface area contributed by atoms with E-state index in [-0.39, 0.29) is 17.3 Å². The minimum Gasteiger partial charge on any atom is -0.384 e. The van der Waals surface area contributed by atoms with Crippen molar-refractivity contribution in [3.05, 3.63) is 36.3 Å². The van der Waals surface area contributed by atoms with Gasteiger partial charge in [-0.15, -0.1) is 0 Å². The number of allylic oxidation sites excluding steroid dienone is 2. The Labute approximate surface area is 71.7 Å². The molecule has 2 atom stereocenters. The molecule has 0 bridgehead atoms. The highest BCUT2D eigenvalue weighted by molar-refractivity contribution is 5.34. The number of rotatable bonds is 1. The van der Waals surface area contributed by atoms with Gasteiger partial charge in [0.2, 0.25) is 0 Å². The highest BCUT2D eigenvalue weighted by Crippen LogP contribution is 2.38. The topological polar surface area (TPSA) is 12.0 Å². The van der Waals surface area contributed by atoms with Gasteiger partial charge in [0.25, 0.3) is 0 Å². The van der Waals surface area contributed by atoms with Gasteiger partial charge in [-0.2, -0.15) is 0 Å². The number of hydrogen-bond acceptors (Lipinski definition) is 1. The van der Waals surface area contributed by atoms with Crippen LogP contribution in [0.4, 0.5) is 4.39 Å². The number of nitrogens with one attached hydrogen (secondary N) is 1. The lowest BCUT2D eigenvalue weighted by Gasteiger charge is -2.30. The van der Waals surface area contributed by atoms with Crippen LogP contribution in [0, 0.1) is 5.41 Å². The zero-order valence-corrected chi connectivity index (χ0v) is 7.05. The van der Waals surface area contributed by atoms with Crippen molar-refractivity contribution in [1.82, 2.24) is 5.32 Å². The maximum atomic E-state index is 13.0. The van der Waals surface area contributed by atoms with E-state index in [2.05, 4.69) is 12.2 Å². The highest BCUT2D eigenvalue weighted by atomic mass is 19.1. The molecule has 2 heteroatoms. The molecule has 0 radical (unpaired) electrons. The van der Waals surface area contributed by atoms with E-state index in [0.29, 0.717) is 0 Å². The molecule has 2 aliphatic rings. The smallest absolute Gasteiger partial charge is 0.119 e. The molecule has 1 N–H and O–H groups in total. The van der Waals surface area contributed by atoms with E-state index in [4.69, 9.17) is 0 Å². The second-order valence-corrected chi connectivity index (χ2v) is 3.33. The van der Waals surface area contributed by atoms with Crippen LogP contribution in [-0.4, -0.2) is 6.04 Å². The van der Waals surface area contributed by atoms with E-state index >= 15 is 0 Å². The molecule has 2 unspecified atom stereocenters. The van der Waals surface area contributed by atoms with Gasteiger partial charge < -0.3 is 5.32 Å². The highest BCUT2D eigenvalue weighted by Gasteiger charge is 2.36. The first-order chi connectivity index (χ1) is 5.77. The Bertz CT molecular complexity index is 278. The molecule has 12 heavy (non-hydrogen) atoms.